The lowest BCUT2D eigenvalue weighted by Gasteiger charge is -2.26. The van der Waals surface area contributed by atoms with Gasteiger partial charge in [-0.05, 0) is 70.4 Å². The zero-order valence-electron chi connectivity index (χ0n) is 16.8. The highest BCUT2D eigenvalue weighted by atomic mass is 79.9. The van der Waals surface area contributed by atoms with Crippen molar-refractivity contribution < 1.29 is 33.8 Å². The van der Waals surface area contributed by atoms with Crippen molar-refractivity contribution in [2.45, 2.75) is 6.92 Å². The molecule has 1 saturated heterocycles. The first-order chi connectivity index (χ1) is 15.1. The number of urea groups is 1. The first-order valence-electron chi connectivity index (χ1n) is 9.02. The number of anilines is 1. The van der Waals surface area contributed by atoms with Gasteiger partial charge in [0.2, 0.25) is 0 Å². The van der Waals surface area contributed by atoms with Crippen LogP contribution in [0.25, 0.3) is 6.08 Å². The van der Waals surface area contributed by atoms with Gasteiger partial charge < -0.3 is 14.6 Å². The first-order valence-corrected chi connectivity index (χ1v) is 10.6. The van der Waals surface area contributed by atoms with Crippen LogP contribution in [0.3, 0.4) is 0 Å². The van der Waals surface area contributed by atoms with Gasteiger partial charge in [0.05, 0.1) is 17.3 Å². The van der Waals surface area contributed by atoms with Gasteiger partial charge in [0.1, 0.15) is 5.57 Å². The average molecular weight is 568 g/mol. The van der Waals surface area contributed by atoms with Crippen LogP contribution in [-0.2, 0) is 14.4 Å². The summed E-state index contributed by atoms with van der Waals surface area (Å²) < 4.78 is 11.6. The van der Waals surface area contributed by atoms with Crippen LogP contribution in [0, 0.1) is 6.92 Å². The van der Waals surface area contributed by atoms with Crippen molar-refractivity contribution >= 4 is 67.4 Å². The molecule has 2 aromatic rings. The van der Waals surface area contributed by atoms with Crippen molar-refractivity contribution in [1.82, 2.24) is 5.32 Å². The summed E-state index contributed by atoms with van der Waals surface area (Å²) in [6, 6.07) is 7.06. The number of barbiturate groups is 1. The number of rotatable bonds is 6. The van der Waals surface area contributed by atoms with E-state index in [1.54, 1.807) is 25.1 Å². The molecular formula is C21H16Br2N2O7. The molecule has 9 nitrogen and oxygen atoms in total. The number of nitrogens with one attached hydrogen (secondary N) is 1. The smallest absolute Gasteiger partial charge is 0.341 e. The lowest BCUT2D eigenvalue weighted by Crippen LogP contribution is -2.54. The van der Waals surface area contributed by atoms with E-state index in [-0.39, 0.29) is 17.1 Å². The van der Waals surface area contributed by atoms with Crippen molar-refractivity contribution in [3.05, 3.63) is 56.0 Å². The number of carboxylic acid groups (broad SMARTS) is 1. The van der Waals surface area contributed by atoms with Crippen molar-refractivity contribution in [1.29, 1.82) is 0 Å². The number of hydrogen-bond acceptors (Lipinski definition) is 6. The molecule has 1 fully saturated rings. The molecular weight excluding hydrogens is 552 g/mol. The Labute approximate surface area is 199 Å². The molecule has 1 aliphatic heterocycles. The summed E-state index contributed by atoms with van der Waals surface area (Å²) in [5.41, 5.74) is 1.23. The lowest BCUT2D eigenvalue weighted by molar-refractivity contribution is -0.139. The number of methoxy groups -OCH3 is 1. The van der Waals surface area contributed by atoms with Crippen LogP contribution in [0.4, 0.5) is 10.5 Å². The number of benzene rings is 2. The molecule has 0 atom stereocenters. The van der Waals surface area contributed by atoms with E-state index in [1.807, 2.05) is 0 Å². The van der Waals surface area contributed by atoms with Gasteiger partial charge in [-0.15, -0.1) is 0 Å². The normalized spacial score (nSPS) is 15.1. The quantitative estimate of drug-likeness (QED) is 0.403. The monoisotopic (exact) mass is 566 g/mol. The Morgan fingerprint density at radius 1 is 1.16 bits per heavy atom. The summed E-state index contributed by atoms with van der Waals surface area (Å²) in [7, 11) is 1.36. The minimum absolute atomic E-state index is 0.151. The number of aryl methyl sites for hydroxylation is 1. The Morgan fingerprint density at radius 3 is 2.50 bits per heavy atom. The Hall–Kier alpha value is -3.18. The predicted molar refractivity (Wildman–Crippen MR) is 122 cm³/mol. The summed E-state index contributed by atoms with van der Waals surface area (Å²) in [6.45, 7) is 1.22. The maximum atomic E-state index is 13.1. The molecule has 1 heterocycles. The number of ether oxygens (including phenoxy) is 2. The first kappa shape index (κ1) is 23.5. The van der Waals surface area contributed by atoms with Gasteiger partial charge in [-0.25, -0.2) is 14.5 Å². The van der Waals surface area contributed by atoms with E-state index in [4.69, 9.17) is 14.6 Å². The minimum atomic E-state index is -1.16. The van der Waals surface area contributed by atoms with E-state index in [0.29, 0.717) is 15.7 Å². The molecule has 32 heavy (non-hydrogen) atoms. The van der Waals surface area contributed by atoms with E-state index in [2.05, 4.69) is 37.2 Å². The van der Waals surface area contributed by atoms with Crippen LogP contribution < -0.4 is 19.7 Å². The molecule has 0 spiro atoms. The van der Waals surface area contributed by atoms with E-state index in [0.717, 1.165) is 14.9 Å². The van der Waals surface area contributed by atoms with Gasteiger partial charge >= 0.3 is 12.0 Å². The van der Waals surface area contributed by atoms with Crippen LogP contribution in [0.5, 0.6) is 11.5 Å². The molecule has 0 unspecified atom stereocenters. The Kier molecular flexibility index (Phi) is 6.99. The molecule has 0 radical (unpaired) electrons. The second-order valence-corrected chi connectivity index (χ2v) is 8.32. The summed E-state index contributed by atoms with van der Waals surface area (Å²) in [6.07, 6.45) is 1.30. The maximum Gasteiger partial charge on any atom is 0.341 e. The predicted octanol–water partition coefficient (Wildman–Crippen LogP) is 3.66. The molecule has 1 aliphatic rings. The fourth-order valence-corrected chi connectivity index (χ4v) is 3.74. The number of carboxylic acids is 1. The van der Waals surface area contributed by atoms with E-state index in [9.17, 15) is 19.2 Å². The van der Waals surface area contributed by atoms with Gasteiger partial charge in [-0.3, -0.25) is 14.9 Å². The summed E-state index contributed by atoms with van der Waals surface area (Å²) in [5, 5.41) is 11.0. The van der Waals surface area contributed by atoms with Crippen LogP contribution in [0.2, 0.25) is 0 Å². The molecule has 2 N–H and O–H groups in total. The van der Waals surface area contributed by atoms with Crippen molar-refractivity contribution in [2.24, 2.45) is 0 Å². The Balaban J connectivity index is 2.01. The van der Waals surface area contributed by atoms with Crippen molar-refractivity contribution in [2.75, 3.05) is 18.6 Å². The largest absolute Gasteiger partial charge is 0.493 e. The van der Waals surface area contributed by atoms with E-state index < -0.39 is 30.4 Å². The topological polar surface area (TPSA) is 122 Å². The van der Waals surface area contributed by atoms with E-state index >= 15 is 0 Å². The second-order valence-electron chi connectivity index (χ2n) is 6.61. The molecule has 0 bridgehead atoms. The molecule has 0 saturated carbocycles. The second kappa shape index (κ2) is 9.53. The molecule has 2 aromatic carbocycles. The minimum Gasteiger partial charge on any atom is -0.493 e. The highest BCUT2D eigenvalue weighted by Gasteiger charge is 2.37. The van der Waals surface area contributed by atoms with Crippen LogP contribution in [-0.4, -0.2) is 42.6 Å². The van der Waals surface area contributed by atoms with Gasteiger partial charge in [-0.2, -0.15) is 0 Å². The molecule has 3 rings (SSSR count). The van der Waals surface area contributed by atoms with Gasteiger partial charge in [0, 0.05) is 4.47 Å². The molecule has 11 heteroatoms. The molecule has 166 valence electrons. The third-order valence-electron chi connectivity index (χ3n) is 4.40. The van der Waals surface area contributed by atoms with Crippen LogP contribution in [0.1, 0.15) is 11.1 Å². The zero-order chi connectivity index (χ0) is 23.6. The number of hydrogen-bond donors (Lipinski definition) is 2. The number of carbonyl (C=O) groups excluding carboxylic acids is 3. The summed E-state index contributed by atoms with van der Waals surface area (Å²) in [4.78, 5) is 49.5. The number of amides is 4. The fraction of sp³-hybridized carbons (Fsp3) is 0.143. The van der Waals surface area contributed by atoms with Crippen molar-refractivity contribution in [3.8, 4) is 11.5 Å². The third kappa shape index (κ3) is 4.83. The lowest BCUT2D eigenvalue weighted by atomic mass is 10.1. The third-order valence-corrected chi connectivity index (χ3v) is 5.88. The number of carbonyl (C=O) groups is 4. The van der Waals surface area contributed by atoms with Gasteiger partial charge in [-0.1, -0.05) is 15.9 Å². The molecule has 0 aromatic heterocycles. The SMILES string of the molecule is COc1cc(/C=C2\C(=O)NC(=O)N(c3ccc(Br)c(C)c3)C2=O)cc(Br)c1OCC(=O)O. The van der Waals surface area contributed by atoms with Crippen LogP contribution >= 0.6 is 31.9 Å². The number of imide groups is 2. The van der Waals surface area contributed by atoms with E-state index in [1.165, 1.54) is 25.3 Å². The van der Waals surface area contributed by atoms with Crippen LogP contribution in [0.15, 0.2) is 44.9 Å². The summed E-state index contributed by atoms with van der Waals surface area (Å²) in [5.74, 6) is -2.46. The number of aliphatic carboxylic acids is 1. The van der Waals surface area contributed by atoms with Gasteiger partial charge in [0.25, 0.3) is 11.8 Å². The number of halogens is 2. The molecule has 4 amide bonds. The standard InChI is InChI=1S/C21H16Br2N2O7/c1-10-5-12(3-4-14(10)22)25-20(29)13(19(28)24-21(25)30)6-11-7-15(23)18(16(8-11)31-2)32-9-17(26)27/h3-8H,9H2,1-2H3,(H,26,27)(H,24,28,30)/b13-6+. The number of nitrogens with zero attached hydrogens (tertiary/aromatic N) is 1. The average Bonchev–Trinajstić information content (AvgIpc) is 2.72. The molecule has 0 aliphatic carbocycles. The highest BCUT2D eigenvalue weighted by Crippen LogP contribution is 2.37. The maximum absolute atomic E-state index is 13.1. The zero-order valence-corrected chi connectivity index (χ0v) is 19.9. The fourth-order valence-electron chi connectivity index (χ4n) is 2.92. The Bertz CT molecular complexity index is 1180. The summed E-state index contributed by atoms with van der Waals surface area (Å²) >= 11 is 6.64. The van der Waals surface area contributed by atoms with Gasteiger partial charge in [0.15, 0.2) is 18.1 Å². The van der Waals surface area contributed by atoms with Crippen molar-refractivity contribution in [3.63, 3.8) is 0 Å². The highest BCUT2D eigenvalue weighted by molar-refractivity contribution is 9.10. The Morgan fingerprint density at radius 2 is 1.88 bits per heavy atom.